The van der Waals surface area contributed by atoms with Crippen molar-refractivity contribution in [2.24, 2.45) is 22.3 Å². The molecule has 0 spiro atoms. The van der Waals surface area contributed by atoms with Crippen LogP contribution in [0.3, 0.4) is 0 Å². The summed E-state index contributed by atoms with van der Waals surface area (Å²) in [6.07, 6.45) is 3.62. The molecule has 0 aromatic heterocycles. The summed E-state index contributed by atoms with van der Waals surface area (Å²) in [5.74, 6) is 0. The fraction of sp³-hybridized carbons (Fsp3) is 1.00. The Hall–Kier alpha value is -0.0800. The Morgan fingerprint density at radius 3 is 2.33 bits per heavy atom. The van der Waals surface area contributed by atoms with Crippen LogP contribution >= 0.6 is 0 Å². The van der Waals surface area contributed by atoms with E-state index in [0.29, 0.717) is 6.04 Å². The maximum Gasteiger partial charge on any atom is 0.00959 e. The van der Waals surface area contributed by atoms with Gasteiger partial charge in [-0.2, -0.15) is 0 Å². The van der Waals surface area contributed by atoms with Gasteiger partial charge >= 0.3 is 0 Å². The molecule has 72 valence electrons. The monoisotopic (exact) mass is 170 g/mol. The Balaban J connectivity index is 2.86. The molecule has 1 saturated carbocycles. The van der Waals surface area contributed by atoms with Crippen molar-refractivity contribution in [1.82, 2.24) is 0 Å². The Morgan fingerprint density at radius 1 is 1.33 bits per heavy atom. The van der Waals surface area contributed by atoms with E-state index in [1.807, 2.05) is 0 Å². The molecule has 2 unspecified atom stereocenters. The van der Waals surface area contributed by atoms with Gasteiger partial charge in [0.1, 0.15) is 0 Å². The van der Waals surface area contributed by atoms with Gasteiger partial charge in [0.15, 0.2) is 0 Å². The van der Waals surface area contributed by atoms with Crippen molar-refractivity contribution in [2.45, 2.75) is 46.1 Å². The van der Waals surface area contributed by atoms with Crippen LogP contribution in [-0.2, 0) is 0 Å². The molecule has 0 amide bonds. The van der Waals surface area contributed by atoms with Gasteiger partial charge in [-0.25, -0.2) is 0 Å². The van der Waals surface area contributed by atoms with Crippen LogP contribution < -0.4 is 11.5 Å². The van der Waals surface area contributed by atoms with Crippen molar-refractivity contribution < 1.29 is 0 Å². The zero-order chi connectivity index (χ0) is 9.41. The fourth-order valence-electron chi connectivity index (χ4n) is 2.21. The highest BCUT2D eigenvalue weighted by Gasteiger charge is 2.46. The summed E-state index contributed by atoms with van der Waals surface area (Å²) in [6.45, 7) is 7.53. The van der Waals surface area contributed by atoms with E-state index in [1.54, 1.807) is 0 Å². The number of hydrogen-bond donors (Lipinski definition) is 2. The van der Waals surface area contributed by atoms with E-state index in [1.165, 1.54) is 12.8 Å². The molecule has 0 radical (unpaired) electrons. The molecule has 0 aliphatic heterocycles. The van der Waals surface area contributed by atoms with Crippen LogP contribution in [-0.4, -0.2) is 12.6 Å². The Kier molecular flexibility index (Phi) is 2.50. The van der Waals surface area contributed by atoms with E-state index in [9.17, 15) is 0 Å². The maximum absolute atomic E-state index is 6.11. The summed E-state index contributed by atoms with van der Waals surface area (Å²) in [7, 11) is 0. The first-order valence-electron chi connectivity index (χ1n) is 4.90. The number of nitrogens with two attached hydrogens (primary N) is 2. The predicted molar refractivity (Wildman–Crippen MR) is 52.8 cm³/mol. The zero-order valence-electron chi connectivity index (χ0n) is 8.56. The maximum atomic E-state index is 6.11. The van der Waals surface area contributed by atoms with Crippen LogP contribution in [0.25, 0.3) is 0 Å². The van der Waals surface area contributed by atoms with Crippen molar-refractivity contribution in [3.8, 4) is 0 Å². The van der Waals surface area contributed by atoms with Crippen LogP contribution in [0.5, 0.6) is 0 Å². The Bertz CT molecular complexity index is 162. The van der Waals surface area contributed by atoms with Crippen molar-refractivity contribution in [3.05, 3.63) is 0 Å². The first-order chi connectivity index (χ1) is 5.44. The smallest absolute Gasteiger partial charge is 0.00959 e. The molecule has 2 atom stereocenters. The lowest BCUT2D eigenvalue weighted by Crippen LogP contribution is -2.54. The topological polar surface area (TPSA) is 52.0 Å². The Labute approximate surface area is 75.7 Å². The van der Waals surface area contributed by atoms with Gasteiger partial charge in [0, 0.05) is 6.04 Å². The van der Waals surface area contributed by atoms with Gasteiger partial charge < -0.3 is 11.5 Å². The molecule has 0 saturated heterocycles. The number of hydrogen-bond acceptors (Lipinski definition) is 2. The minimum Gasteiger partial charge on any atom is -0.330 e. The van der Waals surface area contributed by atoms with Crippen LogP contribution in [0, 0.1) is 10.8 Å². The fourth-order valence-corrected chi connectivity index (χ4v) is 2.21. The molecule has 0 heterocycles. The lowest BCUT2D eigenvalue weighted by Gasteiger charge is -2.51. The summed E-state index contributed by atoms with van der Waals surface area (Å²) in [4.78, 5) is 0. The van der Waals surface area contributed by atoms with E-state index in [-0.39, 0.29) is 10.8 Å². The average molecular weight is 170 g/mol. The van der Waals surface area contributed by atoms with Gasteiger partial charge in [-0.05, 0) is 30.2 Å². The molecule has 2 nitrogen and oxygen atoms in total. The summed E-state index contributed by atoms with van der Waals surface area (Å²) in [5, 5.41) is 0. The molecular weight excluding hydrogens is 148 g/mol. The van der Waals surface area contributed by atoms with E-state index in [2.05, 4.69) is 20.8 Å². The molecule has 1 aliphatic rings. The second-order valence-electron chi connectivity index (χ2n) is 4.99. The van der Waals surface area contributed by atoms with Crippen LogP contribution in [0.4, 0.5) is 0 Å². The largest absolute Gasteiger partial charge is 0.330 e. The normalized spacial score (nSPS) is 41.2. The van der Waals surface area contributed by atoms with Crippen LogP contribution in [0.1, 0.15) is 40.0 Å². The first kappa shape index (κ1) is 10.0. The van der Waals surface area contributed by atoms with Gasteiger partial charge in [-0.1, -0.05) is 27.2 Å². The molecule has 2 heteroatoms. The summed E-state index contributed by atoms with van der Waals surface area (Å²) in [5.41, 5.74) is 12.4. The third-order valence-corrected chi connectivity index (χ3v) is 4.18. The SMILES string of the molecule is CC1(CN)CCCC(N)C1(C)C. The standard InChI is InChI=1S/C10H22N2/c1-9(2)8(12)5-4-6-10(9,3)7-11/h8H,4-7,11-12H2,1-3H3. The van der Waals surface area contributed by atoms with Crippen molar-refractivity contribution >= 4 is 0 Å². The molecule has 0 aromatic rings. The summed E-state index contributed by atoms with van der Waals surface area (Å²) in [6, 6.07) is 0.319. The second kappa shape index (κ2) is 3.00. The molecule has 1 aliphatic carbocycles. The highest BCUT2D eigenvalue weighted by molar-refractivity contribution is 4.99. The lowest BCUT2D eigenvalue weighted by atomic mass is 9.56. The summed E-state index contributed by atoms with van der Waals surface area (Å²) < 4.78 is 0. The summed E-state index contributed by atoms with van der Waals surface area (Å²) >= 11 is 0. The second-order valence-corrected chi connectivity index (χ2v) is 4.99. The third kappa shape index (κ3) is 1.27. The van der Waals surface area contributed by atoms with E-state index >= 15 is 0 Å². The van der Waals surface area contributed by atoms with Gasteiger partial charge in [0.25, 0.3) is 0 Å². The van der Waals surface area contributed by atoms with E-state index < -0.39 is 0 Å². The number of rotatable bonds is 1. The zero-order valence-corrected chi connectivity index (χ0v) is 8.56. The quantitative estimate of drug-likeness (QED) is 0.626. The minimum absolute atomic E-state index is 0.194. The highest BCUT2D eigenvalue weighted by Crippen LogP contribution is 2.48. The van der Waals surface area contributed by atoms with Gasteiger partial charge in [0.2, 0.25) is 0 Å². The molecule has 1 fully saturated rings. The average Bonchev–Trinajstić information content (AvgIpc) is 2.01. The van der Waals surface area contributed by atoms with Gasteiger partial charge in [0.05, 0.1) is 0 Å². The highest BCUT2D eigenvalue weighted by atomic mass is 14.8. The molecule has 0 bridgehead atoms. The van der Waals surface area contributed by atoms with Gasteiger partial charge in [-0.15, -0.1) is 0 Å². The van der Waals surface area contributed by atoms with Crippen molar-refractivity contribution in [2.75, 3.05) is 6.54 Å². The van der Waals surface area contributed by atoms with Crippen LogP contribution in [0.2, 0.25) is 0 Å². The van der Waals surface area contributed by atoms with E-state index in [0.717, 1.165) is 13.0 Å². The van der Waals surface area contributed by atoms with Gasteiger partial charge in [-0.3, -0.25) is 0 Å². The van der Waals surface area contributed by atoms with E-state index in [4.69, 9.17) is 11.5 Å². The predicted octanol–water partition coefficient (Wildman–Crippen LogP) is 1.49. The molecule has 12 heavy (non-hydrogen) atoms. The van der Waals surface area contributed by atoms with Crippen molar-refractivity contribution in [1.29, 1.82) is 0 Å². The Morgan fingerprint density at radius 2 is 1.92 bits per heavy atom. The van der Waals surface area contributed by atoms with Crippen molar-refractivity contribution in [3.63, 3.8) is 0 Å². The molecule has 1 rings (SSSR count). The molecular formula is C10H22N2. The minimum atomic E-state index is 0.194. The first-order valence-corrected chi connectivity index (χ1v) is 4.90. The third-order valence-electron chi connectivity index (χ3n) is 4.18. The lowest BCUT2D eigenvalue weighted by molar-refractivity contribution is 0.0214. The molecule has 0 aromatic carbocycles. The molecule has 4 N–H and O–H groups in total. The van der Waals surface area contributed by atoms with Crippen LogP contribution in [0.15, 0.2) is 0 Å².